The second-order valence-corrected chi connectivity index (χ2v) is 15.6. The molecule has 0 spiro atoms. The Bertz CT molecular complexity index is 323. The molecule has 264 valence electrons. The largest absolute Gasteiger partial charge is 0.0533 e. The van der Waals surface area contributed by atoms with Crippen LogP contribution in [-0.2, 0) is 0 Å². The number of hydrogen-bond donors (Lipinski definition) is 0. The molecule has 0 aromatic heterocycles. The van der Waals surface area contributed by atoms with Gasteiger partial charge in [0, 0.05) is 0 Å². The van der Waals surface area contributed by atoms with Crippen LogP contribution in [0.25, 0.3) is 0 Å². The molecule has 44 heavy (non-hydrogen) atoms. The van der Waals surface area contributed by atoms with Crippen molar-refractivity contribution in [2.75, 3.05) is 0 Å². The van der Waals surface area contributed by atoms with Gasteiger partial charge in [0.15, 0.2) is 0 Å². The van der Waals surface area contributed by atoms with Gasteiger partial charge in [-0.1, -0.05) is 283 Å². The molecule has 0 unspecified atom stereocenters. The fourth-order valence-corrected chi connectivity index (χ4v) is 7.78. The molecule has 4 aliphatic carbocycles. The smallest absolute Gasteiger partial charge is 0.0533 e. The van der Waals surface area contributed by atoms with Crippen LogP contribution in [0.2, 0.25) is 0 Å². The third-order valence-corrected chi connectivity index (χ3v) is 11.0. The fourth-order valence-electron chi connectivity index (χ4n) is 7.78. The predicted octanol–water partition coefficient (Wildman–Crippen LogP) is 17.2. The summed E-state index contributed by atoms with van der Waals surface area (Å²) >= 11 is 0. The third kappa shape index (κ3) is 36.5. The topological polar surface area (TPSA) is 0 Å². The minimum Gasteiger partial charge on any atom is -0.0533 e. The van der Waals surface area contributed by atoms with Crippen molar-refractivity contribution in [2.45, 2.75) is 283 Å². The van der Waals surface area contributed by atoms with Gasteiger partial charge in [0.2, 0.25) is 0 Å². The summed E-state index contributed by atoms with van der Waals surface area (Å²) < 4.78 is 0. The Morgan fingerprint density at radius 2 is 0.0682 bits per heavy atom. The van der Waals surface area contributed by atoms with Gasteiger partial charge in [-0.25, -0.2) is 0 Å². The average molecular weight is 617 g/mol. The van der Waals surface area contributed by atoms with Gasteiger partial charge in [-0.2, -0.15) is 0 Å². The third-order valence-electron chi connectivity index (χ3n) is 11.0. The van der Waals surface area contributed by atoms with E-state index in [1.807, 2.05) is 0 Å². The molecule has 0 amide bonds. The Morgan fingerprint density at radius 1 is 0.0455 bits per heavy atom. The Hall–Kier alpha value is 0. The van der Waals surface area contributed by atoms with Crippen LogP contribution in [0, 0.1) is 0 Å². The molecule has 0 radical (unpaired) electrons. The van der Waals surface area contributed by atoms with Crippen molar-refractivity contribution in [1.82, 2.24) is 0 Å². The molecule has 4 fully saturated rings. The van der Waals surface area contributed by atoms with E-state index < -0.39 is 0 Å². The van der Waals surface area contributed by atoms with Crippen molar-refractivity contribution >= 4 is 0 Å². The van der Waals surface area contributed by atoms with Crippen LogP contribution in [0.1, 0.15) is 283 Å². The lowest BCUT2D eigenvalue weighted by Crippen LogP contribution is -1.85. The maximum Gasteiger partial charge on any atom is -0.0533 e. The lowest BCUT2D eigenvalue weighted by Gasteiger charge is -2.05. The second-order valence-electron chi connectivity index (χ2n) is 15.6. The van der Waals surface area contributed by atoms with E-state index >= 15 is 0 Å². The highest BCUT2D eigenvalue weighted by molar-refractivity contribution is 4.54. The van der Waals surface area contributed by atoms with E-state index in [1.165, 1.54) is 283 Å². The minimum absolute atomic E-state index is 1.50. The lowest BCUT2D eigenvalue weighted by molar-refractivity contribution is 0.504. The van der Waals surface area contributed by atoms with Crippen molar-refractivity contribution in [3.05, 3.63) is 0 Å². The van der Waals surface area contributed by atoms with E-state index in [2.05, 4.69) is 0 Å². The first-order valence-electron chi connectivity index (χ1n) is 22.0. The van der Waals surface area contributed by atoms with Crippen LogP contribution in [0.4, 0.5) is 0 Å². The van der Waals surface area contributed by atoms with Gasteiger partial charge in [-0.05, 0) is 0 Å². The molecule has 4 rings (SSSR count). The Balaban J connectivity index is 0.000000318. The summed E-state index contributed by atoms with van der Waals surface area (Å²) in [7, 11) is 0. The molecule has 4 aliphatic rings. The first-order valence-corrected chi connectivity index (χ1v) is 22.0. The van der Waals surface area contributed by atoms with Crippen LogP contribution >= 0.6 is 0 Å². The van der Waals surface area contributed by atoms with Crippen LogP contribution in [-0.4, -0.2) is 0 Å². The number of rotatable bonds is 0. The van der Waals surface area contributed by atoms with Crippen LogP contribution < -0.4 is 0 Å². The summed E-state index contributed by atoms with van der Waals surface area (Å²) in [6.07, 6.45) is 66.0. The molecule has 0 aromatic carbocycles. The molecule has 0 saturated heterocycles. The molecule has 0 heteroatoms. The quantitative estimate of drug-likeness (QED) is 0.254. The van der Waals surface area contributed by atoms with E-state index in [1.54, 1.807) is 0 Å². The second kappa shape index (κ2) is 39.2. The molecule has 0 aliphatic heterocycles. The van der Waals surface area contributed by atoms with Crippen molar-refractivity contribution in [1.29, 1.82) is 0 Å². The van der Waals surface area contributed by atoms with E-state index in [-0.39, 0.29) is 0 Å². The Morgan fingerprint density at radius 3 is 0.0909 bits per heavy atom. The Kier molecular flexibility index (Phi) is 37.4. The van der Waals surface area contributed by atoms with E-state index in [0.29, 0.717) is 0 Å². The molecular formula is C44H88. The van der Waals surface area contributed by atoms with Gasteiger partial charge in [0.25, 0.3) is 0 Å². The summed E-state index contributed by atoms with van der Waals surface area (Å²) in [5.41, 5.74) is 0. The molecule has 4 saturated carbocycles. The summed E-state index contributed by atoms with van der Waals surface area (Å²) in [4.78, 5) is 0. The number of hydrogen-bond acceptors (Lipinski definition) is 0. The van der Waals surface area contributed by atoms with Gasteiger partial charge >= 0.3 is 0 Å². The van der Waals surface area contributed by atoms with Gasteiger partial charge in [0.05, 0.1) is 0 Å². The van der Waals surface area contributed by atoms with Crippen molar-refractivity contribution in [3.63, 3.8) is 0 Å². The Labute approximate surface area is 281 Å². The highest BCUT2D eigenvalue weighted by Gasteiger charge is 1.99. The molecule has 0 aromatic rings. The van der Waals surface area contributed by atoms with E-state index in [4.69, 9.17) is 0 Å². The molecule has 0 nitrogen and oxygen atoms in total. The highest BCUT2D eigenvalue weighted by Crippen LogP contribution is 2.19. The predicted molar refractivity (Wildman–Crippen MR) is 203 cm³/mol. The molecule has 0 atom stereocenters. The van der Waals surface area contributed by atoms with E-state index in [0.717, 1.165) is 0 Å². The molecule has 0 bridgehead atoms. The van der Waals surface area contributed by atoms with Gasteiger partial charge < -0.3 is 0 Å². The average Bonchev–Trinajstić information content (AvgIpc) is 3.03. The molecule has 0 N–H and O–H groups in total. The van der Waals surface area contributed by atoms with Gasteiger partial charge in [-0.15, -0.1) is 0 Å². The van der Waals surface area contributed by atoms with Crippen LogP contribution in [0.5, 0.6) is 0 Å². The maximum atomic E-state index is 1.50. The van der Waals surface area contributed by atoms with E-state index in [9.17, 15) is 0 Å². The monoisotopic (exact) mass is 617 g/mol. The zero-order valence-corrected chi connectivity index (χ0v) is 31.1. The first kappa shape index (κ1) is 42.0. The SMILES string of the molecule is C1CCCCC1.C1CCCCCCC1.C1CCCCCCCCCCC1.C1CCCCCCCCCCCCCCCCC1. The van der Waals surface area contributed by atoms with Crippen molar-refractivity contribution in [3.8, 4) is 0 Å². The summed E-state index contributed by atoms with van der Waals surface area (Å²) in [6, 6.07) is 0. The van der Waals surface area contributed by atoms with Crippen LogP contribution in [0.15, 0.2) is 0 Å². The zero-order valence-electron chi connectivity index (χ0n) is 31.1. The van der Waals surface area contributed by atoms with Gasteiger partial charge in [-0.3, -0.25) is 0 Å². The van der Waals surface area contributed by atoms with Crippen LogP contribution in [0.3, 0.4) is 0 Å². The summed E-state index contributed by atoms with van der Waals surface area (Å²) in [5.74, 6) is 0. The van der Waals surface area contributed by atoms with Gasteiger partial charge in [0.1, 0.15) is 0 Å². The maximum absolute atomic E-state index is 1.50. The fraction of sp³-hybridized carbons (Fsp3) is 1.00. The first-order chi connectivity index (χ1) is 22.0. The minimum atomic E-state index is 1.50. The standard InChI is InChI=1S/C18H36.C12H24.C8H16.C6H12/c1-2-4-6-8-10-12-14-16-18-17-15-13-11-9-7-5-3-1;1-2-4-6-8-10-12-11-9-7-5-3-1;1-2-4-6-8-7-5-3-1;1-2-4-6-5-3-1/h1-18H2;1-12H2;1-8H2;1-6H2. The lowest BCUT2D eigenvalue weighted by atomic mass is 10.0. The molecular weight excluding hydrogens is 528 g/mol. The summed E-state index contributed by atoms with van der Waals surface area (Å²) in [5, 5.41) is 0. The highest BCUT2D eigenvalue weighted by atomic mass is 14.1. The van der Waals surface area contributed by atoms with Crippen molar-refractivity contribution in [2.24, 2.45) is 0 Å². The normalized spacial score (nSPS) is 24.0. The molecule has 0 heterocycles. The van der Waals surface area contributed by atoms with Crippen molar-refractivity contribution < 1.29 is 0 Å². The zero-order chi connectivity index (χ0) is 31.1. The summed E-state index contributed by atoms with van der Waals surface area (Å²) in [6.45, 7) is 0.